The first kappa shape index (κ1) is 12.8. The number of anilines is 1. The van der Waals surface area contributed by atoms with Crippen LogP contribution in [0.3, 0.4) is 0 Å². The molecule has 2 aromatic carbocycles. The van der Waals surface area contributed by atoms with Crippen LogP contribution >= 0.6 is 0 Å². The lowest BCUT2D eigenvalue weighted by atomic mass is 10.1. The Bertz CT molecular complexity index is 593. The Morgan fingerprint density at radius 3 is 2.32 bits per heavy atom. The molecule has 1 amide bonds. The Balaban J connectivity index is 2.18. The monoisotopic (exact) mass is 255 g/mol. The minimum absolute atomic E-state index is 0.267. The van der Waals surface area contributed by atoms with E-state index >= 15 is 0 Å². The number of hydrogen-bond acceptors (Lipinski definition) is 3. The van der Waals surface area contributed by atoms with E-state index in [-0.39, 0.29) is 5.91 Å². The summed E-state index contributed by atoms with van der Waals surface area (Å²) in [6.45, 7) is 0. The highest BCUT2D eigenvalue weighted by Gasteiger charge is 2.10. The molecule has 0 saturated carbocycles. The quantitative estimate of drug-likeness (QED) is 0.858. The zero-order valence-electron chi connectivity index (χ0n) is 10.4. The van der Waals surface area contributed by atoms with E-state index in [0.29, 0.717) is 16.8 Å². The smallest absolute Gasteiger partial charge is 0.337 e. The Morgan fingerprint density at radius 2 is 1.63 bits per heavy atom. The average molecular weight is 255 g/mol. The molecule has 2 rings (SSSR count). The van der Waals surface area contributed by atoms with Crippen molar-refractivity contribution in [3.8, 4) is 0 Å². The van der Waals surface area contributed by atoms with E-state index in [4.69, 9.17) is 0 Å². The van der Waals surface area contributed by atoms with Gasteiger partial charge in [-0.15, -0.1) is 0 Å². The van der Waals surface area contributed by atoms with E-state index in [0.717, 1.165) is 0 Å². The summed E-state index contributed by atoms with van der Waals surface area (Å²) in [5, 5.41) is 2.75. The Labute approximate surface area is 111 Å². The third-order valence-electron chi connectivity index (χ3n) is 2.58. The molecule has 0 spiro atoms. The summed E-state index contributed by atoms with van der Waals surface area (Å²) in [6.07, 6.45) is 0. The Morgan fingerprint density at radius 1 is 0.947 bits per heavy atom. The molecule has 0 aromatic heterocycles. The Kier molecular flexibility index (Phi) is 3.93. The fraction of sp³-hybridized carbons (Fsp3) is 0.0667. The molecule has 0 aliphatic heterocycles. The number of amides is 1. The second kappa shape index (κ2) is 5.82. The Hall–Kier alpha value is -2.62. The summed E-state index contributed by atoms with van der Waals surface area (Å²) in [4.78, 5) is 23.4. The van der Waals surface area contributed by atoms with E-state index in [1.165, 1.54) is 13.2 Å². The maximum absolute atomic E-state index is 12.0. The summed E-state index contributed by atoms with van der Waals surface area (Å²) in [6, 6.07) is 15.5. The lowest BCUT2D eigenvalue weighted by molar-refractivity contribution is 0.0600. The van der Waals surface area contributed by atoms with Crippen LogP contribution in [0, 0.1) is 0 Å². The van der Waals surface area contributed by atoms with Gasteiger partial charge in [-0.05, 0) is 30.3 Å². The predicted molar refractivity (Wildman–Crippen MR) is 72.2 cm³/mol. The van der Waals surface area contributed by atoms with Gasteiger partial charge in [-0.3, -0.25) is 4.79 Å². The number of esters is 1. The first-order valence-corrected chi connectivity index (χ1v) is 5.75. The molecule has 4 nitrogen and oxygen atoms in total. The summed E-state index contributed by atoms with van der Waals surface area (Å²) < 4.78 is 4.62. The molecule has 0 aliphatic carbocycles. The van der Waals surface area contributed by atoms with Gasteiger partial charge >= 0.3 is 5.97 Å². The molecular formula is C15H13NO3. The lowest BCUT2D eigenvalue weighted by Gasteiger charge is -2.06. The van der Waals surface area contributed by atoms with Gasteiger partial charge in [0.15, 0.2) is 0 Å². The second-order valence-electron chi connectivity index (χ2n) is 3.89. The fourth-order valence-corrected chi connectivity index (χ4v) is 1.63. The van der Waals surface area contributed by atoms with Gasteiger partial charge in [0.1, 0.15) is 0 Å². The van der Waals surface area contributed by atoms with Gasteiger partial charge in [0.25, 0.3) is 5.91 Å². The highest BCUT2D eigenvalue weighted by Crippen LogP contribution is 2.11. The van der Waals surface area contributed by atoms with Gasteiger partial charge in [0.05, 0.1) is 12.7 Å². The number of benzene rings is 2. The molecule has 1 N–H and O–H groups in total. The largest absolute Gasteiger partial charge is 0.465 e. The van der Waals surface area contributed by atoms with E-state index in [9.17, 15) is 9.59 Å². The van der Waals surface area contributed by atoms with Gasteiger partial charge < -0.3 is 10.1 Å². The van der Waals surface area contributed by atoms with Crippen LogP contribution in [0.4, 0.5) is 5.69 Å². The second-order valence-corrected chi connectivity index (χ2v) is 3.89. The topological polar surface area (TPSA) is 55.4 Å². The maximum Gasteiger partial charge on any atom is 0.337 e. The van der Waals surface area contributed by atoms with Gasteiger partial charge in [-0.1, -0.05) is 24.3 Å². The van der Waals surface area contributed by atoms with Crippen LogP contribution in [0.15, 0.2) is 54.6 Å². The van der Waals surface area contributed by atoms with Crippen LogP contribution in [-0.4, -0.2) is 19.0 Å². The summed E-state index contributed by atoms with van der Waals surface area (Å²) in [5.41, 5.74) is 1.46. The van der Waals surface area contributed by atoms with Crippen LogP contribution in [0.1, 0.15) is 20.7 Å². The van der Waals surface area contributed by atoms with E-state index in [2.05, 4.69) is 10.1 Å². The molecule has 19 heavy (non-hydrogen) atoms. The van der Waals surface area contributed by atoms with Crippen LogP contribution in [-0.2, 0) is 4.74 Å². The highest BCUT2D eigenvalue weighted by molar-refractivity contribution is 6.05. The van der Waals surface area contributed by atoms with Gasteiger partial charge in [-0.25, -0.2) is 4.79 Å². The molecule has 0 radical (unpaired) electrons. The van der Waals surface area contributed by atoms with Crippen LogP contribution in [0.25, 0.3) is 0 Å². The van der Waals surface area contributed by atoms with Crippen molar-refractivity contribution in [2.24, 2.45) is 0 Å². The zero-order chi connectivity index (χ0) is 13.7. The standard InChI is InChI=1S/C15H13NO3/c1-19-15(18)12-7-5-6-11(10-12)14(17)16-13-8-3-2-4-9-13/h2-10H,1H3,(H,16,17). The van der Waals surface area contributed by atoms with Crippen molar-refractivity contribution in [2.45, 2.75) is 0 Å². The minimum Gasteiger partial charge on any atom is -0.465 e. The molecule has 4 heteroatoms. The van der Waals surface area contributed by atoms with Gasteiger partial charge in [0, 0.05) is 11.3 Å². The molecular weight excluding hydrogens is 242 g/mol. The number of carbonyl (C=O) groups excluding carboxylic acids is 2. The molecule has 0 aliphatic rings. The number of nitrogens with one attached hydrogen (secondary N) is 1. The number of hydrogen-bond donors (Lipinski definition) is 1. The van der Waals surface area contributed by atoms with Crippen molar-refractivity contribution in [3.63, 3.8) is 0 Å². The predicted octanol–water partition coefficient (Wildman–Crippen LogP) is 2.73. The highest BCUT2D eigenvalue weighted by atomic mass is 16.5. The molecule has 2 aromatic rings. The molecule has 0 bridgehead atoms. The number of carbonyl (C=O) groups is 2. The molecule has 0 heterocycles. The van der Waals surface area contributed by atoms with Crippen molar-refractivity contribution in [1.29, 1.82) is 0 Å². The molecule has 0 saturated heterocycles. The maximum atomic E-state index is 12.0. The van der Waals surface area contributed by atoms with E-state index in [1.54, 1.807) is 30.3 Å². The van der Waals surface area contributed by atoms with Crippen molar-refractivity contribution in [2.75, 3.05) is 12.4 Å². The van der Waals surface area contributed by atoms with Crippen molar-refractivity contribution in [1.82, 2.24) is 0 Å². The molecule has 0 unspecified atom stereocenters. The first-order valence-electron chi connectivity index (χ1n) is 5.75. The number of rotatable bonds is 3. The van der Waals surface area contributed by atoms with Crippen LogP contribution in [0.5, 0.6) is 0 Å². The first-order chi connectivity index (χ1) is 9.20. The van der Waals surface area contributed by atoms with E-state index < -0.39 is 5.97 Å². The minimum atomic E-state index is -0.464. The fourth-order valence-electron chi connectivity index (χ4n) is 1.63. The normalized spacial score (nSPS) is 9.74. The third-order valence-corrected chi connectivity index (χ3v) is 2.58. The molecule has 0 atom stereocenters. The summed E-state index contributed by atoms with van der Waals surface area (Å²) in [7, 11) is 1.30. The van der Waals surface area contributed by atoms with Crippen molar-refractivity contribution >= 4 is 17.6 Å². The van der Waals surface area contributed by atoms with Gasteiger partial charge in [-0.2, -0.15) is 0 Å². The average Bonchev–Trinajstić information content (AvgIpc) is 2.47. The molecule has 0 fully saturated rings. The number of ether oxygens (including phenoxy) is 1. The van der Waals surface area contributed by atoms with Gasteiger partial charge in [0.2, 0.25) is 0 Å². The van der Waals surface area contributed by atoms with Crippen molar-refractivity contribution in [3.05, 3.63) is 65.7 Å². The summed E-state index contributed by atoms with van der Waals surface area (Å²) >= 11 is 0. The van der Waals surface area contributed by atoms with Crippen molar-refractivity contribution < 1.29 is 14.3 Å². The molecule has 96 valence electrons. The summed E-state index contributed by atoms with van der Waals surface area (Å²) in [5.74, 6) is -0.730. The SMILES string of the molecule is COC(=O)c1cccc(C(=O)Nc2ccccc2)c1. The zero-order valence-corrected chi connectivity index (χ0v) is 10.4. The third kappa shape index (κ3) is 3.19. The lowest BCUT2D eigenvalue weighted by Crippen LogP contribution is -2.13. The van der Waals surface area contributed by atoms with E-state index in [1.807, 2.05) is 18.2 Å². The number of methoxy groups -OCH3 is 1. The number of para-hydroxylation sites is 1. The van der Waals surface area contributed by atoms with Crippen LogP contribution in [0.2, 0.25) is 0 Å². The van der Waals surface area contributed by atoms with Crippen LogP contribution < -0.4 is 5.32 Å².